The summed E-state index contributed by atoms with van der Waals surface area (Å²) in [5.74, 6) is 1.28. The quantitative estimate of drug-likeness (QED) is 0.749. The van der Waals surface area contributed by atoms with Gasteiger partial charge >= 0.3 is 0 Å². The lowest BCUT2D eigenvalue weighted by Gasteiger charge is -2.10. The second-order valence-corrected chi connectivity index (χ2v) is 5.36. The predicted molar refractivity (Wildman–Crippen MR) is 98.1 cm³/mol. The third kappa shape index (κ3) is 5.28. The van der Waals surface area contributed by atoms with Gasteiger partial charge in [-0.1, -0.05) is 18.2 Å². The molecule has 0 aliphatic carbocycles. The minimum Gasteiger partial charge on any atom is -0.504 e. The molecule has 0 saturated heterocycles. The fourth-order valence-corrected chi connectivity index (χ4v) is 2.35. The number of amides is 1. The van der Waals surface area contributed by atoms with E-state index in [1.165, 1.54) is 0 Å². The van der Waals surface area contributed by atoms with Gasteiger partial charge in [0.1, 0.15) is 0 Å². The van der Waals surface area contributed by atoms with Crippen LogP contribution in [0.1, 0.15) is 21.5 Å². The van der Waals surface area contributed by atoms with Crippen LogP contribution in [0.5, 0.6) is 11.5 Å². The molecule has 0 unspecified atom stereocenters. The molecule has 25 heavy (non-hydrogen) atoms. The van der Waals surface area contributed by atoms with Gasteiger partial charge in [0, 0.05) is 12.1 Å². The lowest BCUT2D eigenvalue weighted by atomic mass is 10.1. The van der Waals surface area contributed by atoms with Crippen molar-refractivity contribution in [2.75, 3.05) is 27.9 Å². The highest BCUT2D eigenvalue weighted by Gasteiger charge is 2.07. The van der Waals surface area contributed by atoms with E-state index >= 15 is 0 Å². The molecule has 0 fully saturated rings. The van der Waals surface area contributed by atoms with E-state index in [1.807, 2.05) is 36.4 Å². The van der Waals surface area contributed by atoms with Gasteiger partial charge in [-0.2, -0.15) is 0 Å². The maximum Gasteiger partial charge on any atom is 0.251 e. The fraction of sp³-hybridized carbons (Fsp3) is 0.250. The van der Waals surface area contributed by atoms with Crippen LogP contribution in [0.3, 0.4) is 0 Å². The van der Waals surface area contributed by atoms with E-state index in [0.717, 1.165) is 11.1 Å². The first-order valence-corrected chi connectivity index (χ1v) is 7.96. The van der Waals surface area contributed by atoms with Crippen LogP contribution in [0.4, 0.5) is 0 Å². The van der Waals surface area contributed by atoms with Gasteiger partial charge in [-0.3, -0.25) is 4.79 Å². The van der Waals surface area contributed by atoms with Gasteiger partial charge in [-0.15, -0.1) is 0 Å². The van der Waals surface area contributed by atoms with E-state index < -0.39 is 0 Å². The summed E-state index contributed by atoms with van der Waals surface area (Å²) >= 11 is 0. The highest BCUT2D eigenvalue weighted by Crippen LogP contribution is 2.27. The Morgan fingerprint density at radius 3 is 2.36 bits per heavy atom. The SMILES string of the molecule is CO/C=C/c1ccc(C(=O)NCCc2ccc(OC)c(OC)c2)cc1. The molecule has 1 N–H and O–H groups in total. The average Bonchev–Trinajstić information content (AvgIpc) is 2.66. The molecular weight excluding hydrogens is 318 g/mol. The van der Waals surface area contributed by atoms with Gasteiger partial charge in [0.2, 0.25) is 0 Å². The molecular formula is C20H23NO4. The Balaban J connectivity index is 1.89. The Labute approximate surface area is 148 Å². The molecule has 2 rings (SSSR count). The third-order valence-electron chi connectivity index (χ3n) is 3.72. The molecule has 0 bridgehead atoms. The molecule has 0 saturated carbocycles. The summed E-state index contributed by atoms with van der Waals surface area (Å²) in [6, 6.07) is 13.1. The highest BCUT2D eigenvalue weighted by molar-refractivity contribution is 5.94. The number of benzene rings is 2. The second kappa shape index (κ2) is 9.37. The normalized spacial score (nSPS) is 10.5. The highest BCUT2D eigenvalue weighted by atomic mass is 16.5. The summed E-state index contributed by atoms with van der Waals surface area (Å²) in [4.78, 5) is 12.2. The maximum atomic E-state index is 12.2. The Morgan fingerprint density at radius 2 is 1.72 bits per heavy atom. The van der Waals surface area contributed by atoms with E-state index in [4.69, 9.17) is 14.2 Å². The monoisotopic (exact) mass is 341 g/mol. The molecule has 2 aromatic carbocycles. The molecule has 132 valence electrons. The number of hydrogen-bond acceptors (Lipinski definition) is 4. The third-order valence-corrected chi connectivity index (χ3v) is 3.72. The first-order chi connectivity index (χ1) is 12.2. The van der Waals surface area contributed by atoms with Crippen molar-refractivity contribution in [3.8, 4) is 11.5 Å². The second-order valence-electron chi connectivity index (χ2n) is 5.36. The standard InChI is InChI=1S/C20H23NO4/c1-23-13-11-15-4-7-17(8-5-15)20(22)21-12-10-16-6-9-18(24-2)19(14-16)25-3/h4-9,11,13-14H,10,12H2,1-3H3,(H,21,22)/b13-11+. The molecule has 0 heterocycles. The van der Waals surface area contributed by atoms with Crippen LogP contribution in [-0.2, 0) is 11.2 Å². The van der Waals surface area contributed by atoms with Crippen LogP contribution in [0.25, 0.3) is 6.08 Å². The minimum atomic E-state index is -0.0947. The van der Waals surface area contributed by atoms with Gasteiger partial charge in [0.25, 0.3) is 5.91 Å². The number of ether oxygens (including phenoxy) is 3. The van der Waals surface area contributed by atoms with Crippen molar-refractivity contribution in [3.63, 3.8) is 0 Å². The van der Waals surface area contributed by atoms with Gasteiger partial charge < -0.3 is 19.5 Å². The van der Waals surface area contributed by atoms with Gasteiger partial charge in [-0.05, 0) is 47.9 Å². The van der Waals surface area contributed by atoms with Crippen molar-refractivity contribution in [2.45, 2.75) is 6.42 Å². The van der Waals surface area contributed by atoms with E-state index in [9.17, 15) is 4.79 Å². The summed E-state index contributed by atoms with van der Waals surface area (Å²) in [5, 5.41) is 2.92. The molecule has 0 aliphatic rings. The lowest BCUT2D eigenvalue weighted by Crippen LogP contribution is -2.25. The number of hydrogen-bond donors (Lipinski definition) is 1. The Hall–Kier alpha value is -2.95. The van der Waals surface area contributed by atoms with Crippen LogP contribution in [-0.4, -0.2) is 33.8 Å². The van der Waals surface area contributed by atoms with Gasteiger partial charge in [0.15, 0.2) is 11.5 Å². The predicted octanol–water partition coefficient (Wildman–Crippen LogP) is 3.29. The van der Waals surface area contributed by atoms with E-state index in [2.05, 4.69) is 5.32 Å². The Kier molecular flexibility index (Phi) is 6.89. The molecule has 5 nitrogen and oxygen atoms in total. The Morgan fingerprint density at radius 1 is 1.00 bits per heavy atom. The summed E-state index contributed by atoms with van der Waals surface area (Å²) in [6.07, 6.45) is 4.14. The number of carbonyl (C=O) groups is 1. The number of methoxy groups -OCH3 is 3. The topological polar surface area (TPSA) is 56.8 Å². The first-order valence-electron chi connectivity index (χ1n) is 7.96. The Bertz CT molecular complexity index is 723. The summed E-state index contributed by atoms with van der Waals surface area (Å²) in [7, 11) is 4.81. The minimum absolute atomic E-state index is 0.0947. The molecule has 2 aromatic rings. The zero-order valence-corrected chi connectivity index (χ0v) is 14.7. The molecule has 0 atom stereocenters. The maximum absolute atomic E-state index is 12.2. The van der Waals surface area contributed by atoms with E-state index in [0.29, 0.717) is 30.0 Å². The lowest BCUT2D eigenvalue weighted by molar-refractivity contribution is 0.0954. The van der Waals surface area contributed by atoms with Crippen molar-refractivity contribution in [2.24, 2.45) is 0 Å². The van der Waals surface area contributed by atoms with Crippen LogP contribution < -0.4 is 14.8 Å². The van der Waals surface area contributed by atoms with Crippen molar-refractivity contribution in [1.29, 1.82) is 0 Å². The summed E-state index contributed by atoms with van der Waals surface area (Å²) in [6.45, 7) is 0.541. The van der Waals surface area contributed by atoms with Crippen molar-refractivity contribution in [1.82, 2.24) is 5.32 Å². The van der Waals surface area contributed by atoms with E-state index in [-0.39, 0.29) is 5.91 Å². The average molecular weight is 341 g/mol. The summed E-state index contributed by atoms with van der Waals surface area (Å²) in [5.41, 5.74) is 2.67. The van der Waals surface area contributed by atoms with E-state index in [1.54, 1.807) is 39.7 Å². The molecule has 1 amide bonds. The van der Waals surface area contributed by atoms with Crippen LogP contribution in [0.2, 0.25) is 0 Å². The molecule has 5 heteroatoms. The largest absolute Gasteiger partial charge is 0.504 e. The zero-order chi connectivity index (χ0) is 18.1. The molecule has 0 aromatic heterocycles. The van der Waals surface area contributed by atoms with Crippen LogP contribution in [0.15, 0.2) is 48.7 Å². The van der Waals surface area contributed by atoms with Gasteiger partial charge in [0.05, 0.1) is 27.6 Å². The van der Waals surface area contributed by atoms with Crippen molar-refractivity contribution in [3.05, 3.63) is 65.4 Å². The number of nitrogens with one attached hydrogen (secondary N) is 1. The molecule has 0 aliphatic heterocycles. The van der Waals surface area contributed by atoms with Crippen LogP contribution >= 0.6 is 0 Å². The fourth-order valence-electron chi connectivity index (χ4n) is 2.35. The smallest absolute Gasteiger partial charge is 0.251 e. The van der Waals surface area contributed by atoms with Crippen LogP contribution in [0, 0.1) is 0 Å². The first kappa shape index (κ1) is 18.4. The number of carbonyl (C=O) groups excluding carboxylic acids is 1. The van der Waals surface area contributed by atoms with Crippen molar-refractivity contribution < 1.29 is 19.0 Å². The van der Waals surface area contributed by atoms with Gasteiger partial charge in [-0.25, -0.2) is 0 Å². The molecule has 0 radical (unpaired) electrons. The summed E-state index contributed by atoms with van der Waals surface area (Å²) < 4.78 is 15.4. The zero-order valence-electron chi connectivity index (χ0n) is 14.7. The number of rotatable bonds is 8. The molecule has 0 spiro atoms. The van der Waals surface area contributed by atoms with Crippen molar-refractivity contribution >= 4 is 12.0 Å².